The van der Waals surface area contributed by atoms with Gasteiger partial charge in [-0.1, -0.05) is 18.7 Å². The molecule has 0 bridgehead atoms. The molecule has 0 rings (SSSR count). The topological polar surface area (TPSA) is 17.1 Å². The summed E-state index contributed by atoms with van der Waals surface area (Å²) in [6.07, 6.45) is -15.4. The van der Waals surface area contributed by atoms with Crippen molar-refractivity contribution < 1.29 is 35.5 Å². The highest BCUT2D eigenvalue weighted by atomic mass is 32.2. The Labute approximate surface area is 109 Å². The number of rotatable bonds is 7. The lowest BCUT2D eigenvalue weighted by atomic mass is 10.1. The number of halogens is 7. The van der Waals surface area contributed by atoms with Crippen molar-refractivity contribution in [3.05, 3.63) is 0 Å². The van der Waals surface area contributed by atoms with Gasteiger partial charge < -0.3 is 0 Å². The van der Waals surface area contributed by atoms with E-state index in [4.69, 9.17) is 0 Å². The average molecular weight is 314 g/mol. The number of alkyl halides is 7. The highest BCUT2D eigenvalue weighted by molar-refractivity contribution is 8.13. The quantitative estimate of drug-likeness (QED) is 0.651. The molecule has 0 heterocycles. The SMILES string of the molecule is CCC(=O)SCCC(F)(F)CC(F)C(F)C(F)(F)F. The van der Waals surface area contributed by atoms with E-state index in [-0.39, 0.29) is 17.3 Å². The fraction of sp³-hybridized carbons (Fsp3) is 0.900. The molecule has 0 aromatic heterocycles. The predicted octanol–water partition coefficient (Wildman–Crippen LogP) is 4.31. The molecule has 0 radical (unpaired) electrons. The second-order valence-electron chi connectivity index (χ2n) is 3.84. The van der Waals surface area contributed by atoms with E-state index in [9.17, 15) is 35.5 Å². The van der Waals surface area contributed by atoms with E-state index in [1.165, 1.54) is 6.92 Å². The molecule has 0 aliphatic carbocycles. The zero-order valence-corrected chi connectivity index (χ0v) is 10.8. The summed E-state index contributed by atoms with van der Waals surface area (Å²) < 4.78 is 86.7. The normalized spacial score (nSPS) is 16.2. The summed E-state index contributed by atoms with van der Waals surface area (Å²) in [5.74, 6) is -4.13. The van der Waals surface area contributed by atoms with Crippen molar-refractivity contribution in [2.24, 2.45) is 0 Å². The van der Waals surface area contributed by atoms with Crippen LogP contribution in [0.5, 0.6) is 0 Å². The average Bonchev–Trinajstić information content (AvgIpc) is 2.25. The Balaban J connectivity index is 4.24. The summed E-state index contributed by atoms with van der Waals surface area (Å²) in [6.45, 7) is 1.52. The number of hydrogen-bond donors (Lipinski definition) is 0. The van der Waals surface area contributed by atoms with Crippen molar-refractivity contribution in [1.82, 2.24) is 0 Å². The molecule has 0 aliphatic heterocycles. The molecular weight excluding hydrogens is 301 g/mol. The highest BCUT2D eigenvalue weighted by Gasteiger charge is 2.49. The first-order chi connectivity index (χ1) is 8.49. The summed E-state index contributed by atoms with van der Waals surface area (Å²) >= 11 is 0.587. The second-order valence-corrected chi connectivity index (χ2v) is 5.00. The Kier molecular flexibility index (Phi) is 7.17. The highest BCUT2D eigenvalue weighted by Crippen LogP contribution is 2.34. The van der Waals surface area contributed by atoms with Gasteiger partial charge >= 0.3 is 6.18 Å². The molecular formula is C10H13F7OS. The molecule has 0 saturated carbocycles. The summed E-state index contributed by atoms with van der Waals surface area (Å²) in [5, 5.41) is -0.355. The van der Waals surface area contributed by atoms with Gasteiger partial charge in [-0.3, -0.25) is 4.79 Å². The molecule has 0 aromatic rings. The van der Waals surface area contributed by atoms with Crippen LogP contribution in [0.3, 0.4) is 0 Å². The van der Waals surface area contributed by atoms with Crippen LogP contribution >= 0.6 is 11.8 Å². The maximum Gasteiger partial charge on any atom is 0.422 e. The molecule has 0 fully saturated rings. The molecule has 0 saturated heterocycles. The molecule has 19 heavy (non-hydrogen) atoms. The lowest BCUT2D eigenvalue weighted by Gasteiger charge is -2.21. The number of carbonyl (C=O) groups is 1. The number of carbonyl (C=O) groups excluding carboxylic acids is 1. The third-order valence-electron chi connectivity index (χ3n) is 2.14. The third-order valence-corrected chi connectivity index (χ3v) is 3.16. The second kappa shape index (κ2) is 7.35. The molecule has 0 aromatic carbocycles. The third kappa shape index (κ3) is 7.64. The maximum absolute atomic E-state index is 13.1. The Morgan fingerprint density at radius 1 is 1.16 bits per heavy atom. The molecule has 0 aliphatic rings. The van der Waals surface area contributed by atoms with Crippen molar-refractivity contribution >= 4 is 16.9 Å². The molecule has 0 N–H and O–H groups in total. The fourth-order valence-electron chi connectivity index (χ4n) is 1.11. The largest absolute Gasteiger partial charge is 0.422 e. The molecule has 0 spiro atoms. The first-order valence-electron chi connectivity index (χ1n) is 5.38. The minimum atomic E-state index is -5.50. The van der Waals surface area contributed by atoms with Gasteiger partial charge in [0.1, 0.15) is 6.17 Å². The minimum absolute atomic E-state index is 0.128. The van der Waals surface area contributed by atoms with Crippen LogP contribution in [0.1, 0.15) is 26.2 Å². The maximum atomic E-state index is 13.1. The van der Waals surface area contributed by atoms with Crippen LogP contribution in [0.15, 0.2) is 0 Å². The van der Waals surface area contributed by atoms with E-state index in [1.807, 2.05) is 0 Å². The van der Waals surface area contributed by atoms with Crippen LogP contribution in [0, 0.1) is 0 Å². The molecule has 0 amide bonds. The molecule has 1 nitrogen and oxygen atoms in total. The monoisotopic (exact) mass is 314 g/mol. The van der Waals surface area contributed by atoms with Crippen LogP contribution in [0.2, 0.25) is 0 Å². The zero-order chi connectivity index (χ0) is 15.3. The predicted molar refractivity (Wildman–Crippen MR) is 57.8 cm³/mol. The Hall–Kier alpha value is -0.470. The molecule has 9 heteroatoms. The molecule has 114 valence electrons. The van der Waals surface area contributed by atoms with Crippen LogP contribution in [-0.4, -0.2) is 35.3 Å². The van der Waals surface area contributed by atoms with Crippen molar-refractivity contribution in [3.63, 3.8) is 0 Å². The van der Waals surface area contributed by atoms with Gasteiger partial charge in [-0.15, -0.1) is 0 Å². The van der Waals surface area contributed by atoms with E-state index in [2.05, 4.69) is 0 Å². The summed E-state index contributed by atoms with van der Waals surface area (Å²) in [6, 6.07) is 0. The lowest BCUT2D eigenvalue weighted by Crippen LogP contribution is -2.37. The van der Waals surface area contributed by atoms with Crippen LogP contribution in [0.4, 0.5) is 30.7 Å². The lowest BCUT2D eigenvalue weighted by molar-refractivity contribution is -0.202. The summed E-state index contributed by atoms with van der Waals surface area (Å²) in [5.41, 5.74) is 0. The smallest absolute Gasteiger partial charge is 0.287 e. The Morgan fingerprint density at radius 2 is 1.68 bits per heavy atom. The van der Waals surface area contributed by atoms with E-state index < -0.39 is 37.3 Å². The first-order valence-corrected chi connectivity index (χ1v) is 6.36. The number of hydrogen-bond acceptors (Lipinski definition) is 2. The van der Waals surface area contributed by atoms with Gasteiger partial charge in [0.25, 0.3) is 5.92 Å². The standard InChI is InChI=1S/C10H13F7OS/c1-2-7(18)19-4-3-9(13,14)5-6(11)8(12)10(15,16)17/h6,8H,2-5H2,1H3. The number of thioether (sulfide) groups is 1. The van der Waals surface area contributed by atoms with Crippen LogP contribution in [0.25, 0.3) is 0 Å². The molecule has 2 unspecified atom stereocenters. The van der Waals surface area contributed by atoms with Gasteiger partial charge in [-0.2, -0.15) is 13.2 Å². The summed E-state index contributed by atoms with van der Waals surface area (Å²) in [7, 11) is 0. The van der Waals surface area contributed by atoms with Crippen molar-refractivity contribution in [2.75, 3.05) is 5.75 Å². The minimum Gasteiger partial charge on any atom is -0.287 e. The van der Waals surface area contributed by atoms with Crippen LogP contribution < -0.4 is 0 Å². The first kappa shape index (κ1) is 18.5. The van der Waals surface area contributed by atoms with E-state index in [1.54, 1.807) is 0 Å². The van der Waals surface area contributed by atoms with Gasteiger partial charge in [0.05, 0.1) is 0 Å². The fourth-order valence-corrected chi connectivity index (χ4v) is 1.94. The van der Waals surface area contributed by atoms with E-state index in [0.29, 0.717) is 11.8 Å². The zero-order valence-electron chi connectivity index (χ0n) is 9.95. The van der Waals surface area contributed by atoms with Crippen LogP contribution in [-0.2, 0) is 4.79 Å². The Morgan fingerprint density at radius 3 is 2.11 bits per heavy atom. The van der Waals surface area contributed by atoms with E-state index >= 15 is 0 Å². The van der Waals surface area contributed by atoms with Gasteiger partial charge in [0.2, 0.25) is 6.17 Å². The van der Waals surface area contributed by atoms with Gasteiger partial charge in [-0.05, 0) is 0 Å². The van der Waals surface area contributed by atoms with Crippen molar-refractivity contribution in [3.8, 4) is 0 Å². The van der Waals surface area contributed by atoms with Gasteiger partial charge in [-0.25, -0.2) is 17.6 Å². The van der Waals surface area contributed by atoms with E-state index in [0.717, 1.165) is 0 Å². The van der Waals surface area contributed by atoms with Crippen molar-refractivity contribution in [2.45, 2.75) is 50.6 Å². The summed E-state index contributed by atoms with van der Waals surface area (Å²) in [4.78, 5) is 10.8. The molecule has 2 atom stereocenters. The van der Waals surface area contributed by atoms with Crippen molar-refractivity contribution in [1.29, 1.82) is 0 Å². The van der Waals surface area contributed by atoms with Gasteiger partial charge in [0, 0.05) is 25.0 Å². The Bertz CT molecular complexity index is 292. The van der Waals surface area contributed by atoms with Gasteiger partial charge in [0.15, 0.2) is 5.12 Å².